The van der Waals surface area contributed by atoms with E-state index in [-0.39, 0.29) is 5.91 Å². The Bertz CT molecular complexity index is 658. The van der Waals surface area contributed by atoms with E-state index in [1.165, 1.54) is 0 Å². The van der Waals surface area contributed by atoms with Crippen molar-refractivity contribution < 1.29 is 9.59 Å². The summed E-state index contributed by atoms with van der Waals surface area (Å²) in [6, 6.07) is 13.4. The SMILES string of the molecule is NC(=O)Nc1cccc(C(=O)Nc2cccc(I)c2)c1. The Balaban J connectivity index is 2.15. The van der Waals surface area contributed by atoms with Crippen molar-refractivity contribution in [2.45, 2.75) is 0 Å². The van der Waals surface area contributed by atoms with Crippen molar-refractivity contribution in [2.75, 3.05) is 10.6 Å². The van der Waals surface area contributed by atoms with Crippen LogP contribution in [0.2, 0.25) is 0 Å². The fourth-order valence-electron chi connectivity index (χ4n) is 1.65. The first-order valence-corrected chi connectivity index (χ1v) is 6.86. The van der Waals surface area contributed by atoms with Gasteiger partial charge in [0, 0.05) is 20.5 Å². The molecule has 0 aliphatic rings. The minimum Gasteiger partial charge on any atom is -0.351 e. The summed E-state index contributed by atoms with van der Waals surface area (Å²) in [5, 5.41) is 5.22. The molecule has 5 nitrogen and oxygen atoms in total. The highest BCUT2D eigenvalue weighted by atomic mass is 127. The first-order chi connectivity index (χ1) is 9.54. The molecule has 3 amide bonds. The van der Waals surface area contributed by atoms with Gasteiger partial charge < -0.3 is 16.4 Å². The summed E-state index contributed by atoms with van der Waals surface area (Å²) >= 11 is 2.17. The summed E-state index contributed by atoms with van der Waals surface area (Å²) < 4.78 is 1.03. The zero-order chi connectivity index (χ0) is 14.5. The standard InChI is InChI=1S/C14H12IN3O2/c15-10-4-2-6-12(8-10)17-13(19)9-3-1-5-11(7-9)18-14(16)20/h1-8H,(H,17,19)(H3,16,18,20). The molecule has 0 saturated carbocycles. The van der Waals surface area contributed by atoms with E-state index in [0.717, 1.165) is 9.26 Å². The Hall–Kier alpha value is -2.09. The Kier molecular flexibility index (Phi) is 4.57. The highest BCUT2D eigenvalue weighted by Gasteiger charge is 2.07. The fraction of sp³-hybridized carbons (Fsp3) is 0. The van der Waals surface area contributed by atoms with Gasteiger partial charge in [-0.2, -0.15) is 0 Å². The molecule has 0 spiro atoms. The summed E-state index contributed by atoms with van der Waals surface area (Å²) in [6.07, 6.45) is 0. The molecule has 102 valence electrons. The number of carbonyl (C=O) groups excluding carboxylic acids is 2. The van der Waals surface area contributed by atoms with Gasteiger partial charge in [-0.05, 0) is 59.0 Å². The topological polar surface area (TPSA) is 84.2 Å². The van der Waals surface area contributed by atoms with Crippen LogP contribution in [0.15, 0.2) is 48.5 Å². The third-order valence-electron chi connectivity index (χ3n) is 2.47. The van der Waals surface area contributed by atoms with Crippen LogP contribution in [0.1, 0.15) is 10.4 Å². The molecule has 2 aromatic rings. The Morgan fingerprint density at radius 2 is 1.60 bits per heavy atom. The predicted molar refractivity (Wildman–Crippen MR) is 86.8 cm³/mol. The van der Waals surface area contributed by atoms with E-state index in [4.69, 9.17) is 5.73 Å². The number of anilines is 2. The van der Waals surface area contributed by atoms with Gasteiger partial charge in [0.15, 0.2) is 0 Å². The van der Waals surface area contributed by atoms with E-state index >= 15 is 0 Å². The lowest BCUT2D eigenvalue weighted by atomic mass is 10.2. The Morgan fingerprint density at radius 3 is 2.25 bits per heavy atom. The number of primary amides is 1. The number of rotatable bonds is 3. The number of halogens is 1. The van der Waals surface area contributed by atoms with Gasteiger partial charge in [0.05, 0.1) is 0 Å². The number of urea groups is 1. The maximum atomic E-state index is 12.1. The minimum atomic E-state index is -0.667. The van der Waals surface area contributed by atoms with Crippen molar-refractivity contribution in [3.05, 3.63) is 57.7 Å². The molecule has 20 heavy (non-hydrogen) atoms. The maximum Gasteiger partial charge on any atom is 0.316 e. The first kappa shape index (κ1) is 14.3. The molecule has 4 N–H and O–H groups in total. The normalized spacial score (nSPS) is 9.85. The number of carbonyl (C=O) groups is 2. The molecule has 0 aliphatic carbocycles. The van der Waals surface area contributed by atoms with Crippen LogP contribution in [0.25, 0.3) is 0 Å². The van der Waals surface area contributed by atoms with Crippen molar-refractivity contribution in [1.29, 1.82) is 0 Å². The average Bonchev–Trinajstić information content (AvgIpc) is 2.38. The molecule has 0 aliphatic heterocycles. The molecule has 0 aromatic heterocycles. The molecule has 0 unspecified atom stereocenters. The van der Waals surface area contributed by atoms with Gasteiger partial charge >= 0.3 is 6.03 Å². The van der Waals surface area contributed by atoms with Crippen LogP contribution < -0.4 is 16.4 Å². The smallest absolute Gasteiger partial charge is 0.316 e. The van der Waals surface area contributed by atoms with Crippen LogP contribution >= 0.6 is 22.6 Å². The minimum absolute atomic E-state index is 0.250. The van der Waals surface area contributed by atoms with Crippen LogP contribution in [-0.2, 0) is 0 Å². The second-order valence-corrected chi connectivity index (χ2v) is 5.28. The Morgan fingerprint density at radius 1 is 0.950 bits per heavy atom. The molecular formula is C14H12IN3O2. The second-order valence-electron chi connectivity index (χ2n) is 4.03. The van der Waals surface area contributed by atoms with Crippen molar-refractivity contribution in [3.63, 3.8) is 0 Å². The predicted octanol–water partition coefficient (Wildman–Crippen LogP) is 3.03. The molecule has 0 heterocycles. The molecular weight excluding hydrogens is 369 g/mol. The highest BCUT2D eigenvalue weighted by molar-refractivity contribution is 14.1. The Labute approximate surface area is 129 Å². The largest absolute Gasteiger partial charge is 0.351 e. The summed E-state index contributed by atoms with van der Waals surface area (Å²) in [5.74, 6) is -0.250. The number of hydrogen-bond acceptors (Lipinski definition) is 2. The van der Waals surface area contributed by atoms with Crippen LogP contribution in [-0.4, -0.2) is 11.9 Å². The van der Waals surface area contributed by atoms with Gasteiger partial charge in [0.1, 0.15) is 0 Å². The van der Waals surface area contributed by atoms with Crippen LogP contribution in [0.4, 0.5) is 16.2 Å². The van der Waals surface area contributed by atoms with Gasteiger partial charge in [0.25, 0.3) is 5.91 Å². The molecule has 6 heteroatoms. The van der Waals surface area contributed by atoms with Gasteiger partial charge in [-0.1, -0.05) is 12.1 Å². The van der Waals surface area contributed by atoms with Crippen LogP contribution in [0.5, 0.6) is 0 Å². The second kappa shape index (κ2) is 6.38. The lowest BCUT2D eigenvalue weighted by Crippen LogP contribution is -2.19. The zero-order valence-electron chi connectivity index (χ0n) is 10.4. The van der Waals surface area contributed by atoms with Crippen molar-refractivity contribution in [3.8, 4) is 0 Å². The van der Waals surface area contributed by atoms with Crippen LogP contribution in [0, 0.1) is 3.57 Å². The van der Waals surface area contributed by atoms with E-state index in [9.17, 15) is 9.59 Å². The monoisotopic (exact) mass is 381 g/mol. The highest BCUT2D eigenvalue weighted by Crippen LogP contribution is 2.15. The van der Waals surface area contributed by atoms with E-state index in [1.54, 1.807) is 24.3 Å². The van der Waals surface area contributed by atoms with Gasteiger partial charge in [-0.15, -0.1) is 0 Å². The molecule has 0 saturated heterocycles. The number of nitrogens with two attached hydrogens (primary N) is 1. The van der Waals surface area contributed by atoms with Gasteiger partial charge in [0.2, 0.25) is 0 Å². The lowest BCUT2D eigenvalue weighted by molar-refractivity contribution is 0.102. The lowest BCUT2D eigenvalue weighted by Gasteiger charge is -2.07. The van der Waals surface area contributed by atoms with Crippen molar-refractivity contribution in [2.24, 2.45) is 5.73 Å². The zero-order valence-corrected chi connectivity index (χ0v) is 12.5. The average molecular weight is 381 g/mol. The molecule has 0 bridgehead atoms. The number of nitrogens with one attached hydrogen (secondary N) is 2. The summed E-state index contributed by atoms with van der Waals surface area (Å²) in [7, 11) is 0. The first-order valence-electron chi connectivity index (χ1n) is 5.78. The van der Waals surface area contributed by atoms with E-state index in [1.807, 2.05) is 24.3 Å². The molecule has 0 atom stereocenters. The van der Waals surface area contributed by atoms with Crippen molar-refractivity contribution >= 4 is 45.9 Å². The van der Waals surface area contributed by atoms with Crippen LogP contribution in [0.3, 0.4) is 0 Å². The third-order valence-corrected chi connectivity index (χ3v) is 3.15. The summed E-state index contributed by atoms with van der Waals surface area (Å²) in [6.45, 7) is 0. The molecule has 2 rings (SSSR count). The molecule has 0 radical (unpaired) electrons. The molecule has 2 aromatic carbocycles. The molecule has 0 fully saturated rings. The number of hydrogen-bond donors (Lipinski definition) is 3. The van der Waals surface area contributed by atoms with E-state index in [0.29, 0.717) is 11.3 Å². The maximum absolute atomic E-state index is 12.1. The third kappa shape index (κ3) is 3.95. The number of benzene rings is 2. The summed E-state index contributed by atoms with van der Waals surface area (Å²) in [5.41, 5.74) is 6.68. The number of amides is 3. The summed E-state index contributed by atoms with van der Waals surface area (Å²) in [4.78, 5) is 22.9. The van der Waals surface area contributed by atoms with Gasteiger partial charge in [-0.3, -0.25) is 4.79 Å². The van der Waals surface area contributed by atoms with E-state index in [2.05, 4.69) is 33.2 Å². The quantitative estimate of drug-likeness (QED) is 0.715. The van der Waals surface area contributed by atoms with Gasteiger partial charge in [-0.25, -0.2) is 4.79 Å². The van der Waals surface area contributed by atoms with Crippen molar-refractivity contribution in [1.82, 2.24) is 0 Å². The van der Waals surface area contributed by atoms with E-state index < -0.39 is 6.03 Å². The fourth-order valence-corrected chi connectivity index (χ4v) is 2.19.